The van der Waals surface area contributed by atoms with E-state index in [1.807, 2.05) is 24.3 Å². The van der Waals surface area contributed by atoms with Gasteiger partial charge < -0.3 is 15.5 Å². The van der Waals surface area contributed by atoms with Crippen molar-refractivity contribution in [3.8, 4) is 0 Å². The van der Waals surface area contributed by atoms with Gasteiger partial charge in [0.05, 0.1) is 17.1 Å². The summed E-state index contributed by atoms with van der Waals surface area (Å²) in [6.07, 6.45) is 4.24. The monoisotopic (exact) mass is 275 g/mol. The second kappa shape index (κ2) is 5.81. The molecule has 1 aromatic heterocycles. The number of nitrogens with zero attached hydrogens (tertiary/aromatic N) is 1. The molecule has 108 valence electrons. The number of ether oxygens (including phenoxy) is 1. The first-order valence-electron chi connectivity index (χ1n) is 7.29. The standard InChI is InChI=1S/C15H21N3O2/c16-11-6-7-12(10-11)20-9-3-8-18-14-5-2-1-4-13(14)17-15(18)19/h1-2,4-5,11-12H,3,6-10,16H2,(H,17,19). The summed E-state index contributed by atoms with van der Waals surface area (Å²) in [5.41, 5.74) is 7.66. The molecule has 0 bridgehead atoms. The van der Waals surface area contributed by atoms with E-state index in [2.05, 4.69) is 4.98 Å². The van der Waals surface area contributed by atoms with E-state index in [0.29, 0.717) is 25.3 Å². The molecule has 3 rings (SSSR count). The van der Waals surface area contributed by atoms with Crippen LogP contribution in [-0.2, 0) is 11.3 Å². The SMILES string of the molecule is NC1CCC(OCCCn2c(=O)[nH]c3ccccc32)C1. The van der Waals surface area contributed by atoms with Gasteiger partial charge >= 0.3 is 5.69 Å². The van der Waals surface area contributed by atoms with Gasteiger partial charge in [0.1, 0.15) is 0 Å². The minimum Gasteiger partial charge on any atom is -0.378 e. The zero-order valence-electron chi connectivity index (χ0n) is 11.5. The number of nitrogens with two attached hydrogens (primary N) is 1. The Kier molecular flexibility index (Phi) is 3.89. The van der Waals surface area contributed by atoms with E-state index in [1.165, 1.54) is 0 Å². The van der Waals surface area contributed by atoms with Crippen molar-refractivity contribution >= 4 is 11.0 Å². The summed E-state index contributed by atoms with van der Waals surface area (Å²) in [6.45, 7) is 1.37. The Morgan fingerprint density at radius 1 is 1.35 bits per heavy atom. The number of benzene rings is 1. The number of hydrogen-bond acceptors (Lipinski definition) is 3. The Morgan fingerprint density at radius 2 is 2.20 bits per heavy atom. The van der Waals surface area contributed by atoms with Crippen LogP contribution < -0.4 is 11.4 Å². The van der Waals surface area contributed by atoms with Gasteiger partial charge in [-0.25, -0.2) is 4.79 Å². The summed E-state index contributed by atoms with van der Waals surface area (Å²) in [4.78, 5) is 14.7. The molecule has 1 aliphatic rings. The highest BCUT2D eigenvalue weighted by Crippen LogP contribution is 2.20. The van der Waals surface area contributed by atoms with Crippen LogP contribution in [0.25, 0.3) is 11.0 Å². The molecule has 1 aliphatic carbocycles. The average molecular weight is 275 g/mol. The lowest BCUT2D eigenvalue weighted by molar-refractivity contribution is 0.0541. The molecule has 1 aromatic carbocycles. The van der Waals surface area contributed by atoms with Crippen LogP contribution >= 0.6 is 0 Å². The summed E-state index contributed by atoms with van der Waals surface area (Å²) in [5.74, 6) is 0. The van der Waals surface area contributed by atoms with E-state index in [-0.39, 0.29) is 5.69 Å². The first kappa shape index (κ1) is 13.4. The number of aromatic nitrogens is 2. The lowest BCUT2D eigenvalue weighted by Crippen LogP contribution is -2.20. The second-order valence-corrected chi connectivity index (χ2v) is 5.52. The molecule has 5 heteroatoms. The number of aryl methyl sites for hydroxylation is 1. The molecule has 2 atom stereocenters. The minimum absolute atomic E-state index is 0.0471. The zero-order chi connectivity index (χ0) is 13.9. The van der Waals surface area contributed by atoms with Crippen molar-refractivity contribution in [1.82, 2.24) is 9.55 Å². The molecule has 20 heavy (non-hydrogen) atoms. The lowest BCUT2D eigenvalue weighted by atomic mass is 10.3. The number of imidazole rings is 1. The van der Waals surface area contributed by atoms with E-state index >= 15 is 0 Å². The highest BCUT2D eigenvalue weighted by Gasteiger charge is 2.21. The molecule has 5 nitrogen and oxygen atoms in total. The molecule has 2 unspecified atom stereocenters. The summed E-state index contributed by atoms with van der Waals surface area (Å²) in [5, 5.41) is 0. The van der Waals surface area contributed by atoms with E-state index < -0.39 is 0 Å². The average Bonchev–Trinajstić information content (AvgIpc) is 2.98. The Balaban J connectivity index is 1.55. The predicted octanol–water partition coefficient (Wildman–Crippen LogP) is 1.62. The van der Waals surface area contributed by atoms with Gasteiger partial charge in [-0.3, -0.25) is 4.57 Å². The van der Waals surface area contributed by atoms with Crippen molar-refractivity contribution in [3.05, 3.63) is 34.7 Å². The highest BCUT2D eigenvalue weighted by atomic mass is 16.5. The first-order valence-corrected chi connectivity index (χ1v) is 7.29. The molecular formula is C15H21N3O2. The van der Waals surface area contributed by atoms with Crippen LogP contribution in [0.3, 0.4) is 0 Å². The van der Waals surface area contributed by atoms with E-state index in [0.717, 1.165) is 36.7 Å². The fourth-order valence-corrected chi connectivity index (χ4v) is 2.93. The summed E-state index contributed by atoms with van der Waals surface area (Å²) >= 11 is 0. The van der Waals surface area contributed by atoms with Crippen LogP contribution in [0.15, 0.2) is 29.1 Å². The van der Waals surface area contributed by atoms with Crippen molar-refractivity contribution in [2.45, 2.75) is 44.4 Å². The molecule has 0 amide bonds. The predicted molar refractivity (Wildman–Crippen MR) is 78.7 cm³/mol. The van der Waals surface area contributed by atoms with Crippen molar-refractivity contribution in [2.75, 3.05) is 6.61 Å². The van der Waals surface area contributed by atoms with Crippen LogP contribution in [0.5, 0.6) is 0 Å². The van der Waals surface area contributed by atoms with Crippen molar-refractivity contribution in [3.63, 3.8) is 0 Å². The highest BCUT2D eigenvalue weighted by molar-refractivity contribution is 5.74. The van der Waals surface area contributed by atoms with Crippen LogP contribution in [0.4, 0.5) is 0 Å². The number of aromatic amines is 1. The molecule has 1 heterocycles. The Morgan fingerprint density at radius 3 is 3.00 bits per heavy atom. The Hall–Kier alpha value is -1.59. The smallest absolute Gasteiger partial charge is 0.326 e. The van der Waals surface area contributed by atoms with Crippen LogP contribution in [-0.4, -0.2) is 28.3 Å². The van der Waals surface area contributed by atoms with Crippen molar-refractivity contribution < 1.29 is 4.74 Å². The third-order valence-corrected chi connectivity index (χ3v) is 3.99. The number of nitrogens with one attached hydrogen (secondary N) is 1. The number of hydrogen-bond donors (Lipinski definition) is 2. The first-order chi connectivity index (χ1) is 9.74. The maximum Gasteiger partial charge on any atom is 0.326 e. The third kappa shape index (κ3) is 2.78. The van der Waals surface area contributed by atoms with Crippen LogP contribution in [0, 0.1) is 0 Å². The largest absolute Gasteiger partial charge is 0.378 e. The maximum absolute atomic E-state index is 11.9. The fraction of sp³-hybridized carbons (Fsp3) is 0.533. The molecule has 2 aromatic rings. The molecule has 0 saturated heterocycles. The van der Waals surface area contributed by atoms with Gasteiger partial charge in [-0.05, 0) is 37.8 Å². The second-order valence-electron chi connectivity index (χ2n) is 5.52. The van der Waals surface area contributed by atoms with Crippen molar-refractivity contribution in [1.29, 1.82) is 0 Å². The third-order valence-electron chi connectivity index (χ3n) is 3.99. The van der Waals surface area contributed by atoms with E-state index in [4.69, 9.17) is 10.5 Å². The number of fused-ring (bicyclic) bond motifs is 1. The quantitative estimate of drug-likeness (QED) is 0.814. The number of rotatable bonds is 5. The Bertz CT molecular complexity index is 631. The summed E-state index contributed by atoms with van der Waals surface area (Å²) < 4.78 is 7.59. The van der Waals surface area contributed by atoms with Gasteiger partial charge in [-0.15, -0.1) is 0 Å². The molecule has 3 N–H and O–H groups in total. The number of para-hydroxylation sites is 2. The van der Waals surface area contributed by atoms with E-state index in [9.17, 15) is 4.79 Å². The van der Waals surface area contributed by atoms with Crippen LogP contribution in [0.2, 0.25) is 0 Å². The van der Waals surface area contributed by atoms with Gasteiger partial charge in [0.25, 0.3) is 0 Å². The summed E-state index contributed by atoms with van der Waals surface area (Å²) in [6, 6.07) is 8.06. The molecule has 0 aliphatic heterocycles. The maximum atomic E-state index is 11.9. The van der Waals surface area contributed by atoms with Gasteiger partial charge in [-0.2, -0.15) is 0 Å². The molecule has 0 radical (unpaired) electrons. The lowest BCUT2D eigenvalue weighted by Gasteiger charge is -2.11. The van der Waals surface area contributed by atoms with Gasteiger partial charge in [0, 0.05) is 19.2 Å². The van der Waals surface area contributed by atoms with Gasteiger partial charge in [0.2, 0.25) is 0 Å². The van der Waals surface area contributed by atoms with Gasteiger partial charge in [0.15, 0.2) is 0 Å². The minimum atomic E-state index is -0.0471. The van der Waals surface area contributed by atoms with E-state index in [1.54, 1.807) is 4.57 Å². The normalized spacial score (nSPS) is 22.6. The molecule has 0 spiro atoms. The van der Waals surface area contributed by atoms with Crippen LogP contribution in [0.1, 0.15) is 25.7 Å². The number of H-pyrrole nitrogens is 1. The summed E-state index contributed by atoms with van der Waals surface area (Å²) in [7, 11) is 0. The van der Waals surface area contributed by atoms with Crippen molar-refractivity contribution in [2.24, 2.45) is 5.73 Å². The molecular weight excluding hydrogens is 254 g/mol. The zero-order valence-corrected chi connectivity index (χ0v) is 11.5. The molecule has 1 fully saturated rings. The Labute approximate surface area is 117 Å². The fourth-order valence-electron chi connectivity index (χ4n) is 2.93. The topological polar surface area (TPSA) is 73.0 Å². The molecule has 1 saturated carbocycles. The van der Waals surface area contributed by atoms with Gasteiger partial charge in [-0.1, -0.05) is 12.1 Å².